The monoisotopic (exact) mass is 554 g/mol. The maximum Gasteiger partial charge on any atom is 0.321 e. The first-order valence-corrected chi connectivity index (χ1v) is 17.2. The smallest absolute Gasteiger partial charge is 0.321 e. The fraction of sp³-hybridized carbons (Fsp3) is 0.941. The van der Waals surface area contributed by atoms with E-state index >= 15 is 0 Å². The van der Waals surface area contributed by atoms with Crippen LogP contribution in [0.3, 0.4) is 0 Å². The third kappa shape index (κ3) is 29.7. The molecule has 0 radical (unpaired) electrons. The molecular formula is C34H67NO4. The normalized spacial score (nSPS) is 12.1. The molecule has 5 nitrogen and oxygen atoms in total. The van der Waals surface area contributed by atoms with Gasteiger partial charge in [0.2, 0.25) is 0 Å². The average molecular weight is 554 g/mol. The van der Waals surface area contributed by atoms with Gasteiger partial charge < -0.3 is 15.2 Å². The largest absolute Gasteiger partial charge is 0.480 e. The van der Waals surface area contributed by atoms with E-state index in [1.807, 2.05) is 0 Å². The quantitative estimate of drug-likeness (QED) is 0.0640. The van der Waals surface area contributed by atoms with Crippen LogP contribution >= 0.6 is 0 Å². The fourth-order valence-corrected chi connectivity index (χ4v) is 5.20. The van der Waals surface area contributed by atoms with E-state index in [1.54, 1.807) is 0 Å². The minimum absolute atomic E-state index is 0.0913. The molecule has 0 aliphatic heterocycles. The van der Waals surface area contributed by atoms with Gasteiger partial charge >= 0.3 is 11.9 Å². The molecule has 0 saturated heterocycles. The lowest BCUT2D eigenvalue weighted by atomic mass is 10.0. The number of hydrogen-bond acceptors (Lipinski definition) is 4. The van der Waals surface area contributed by atoms with Gasteiger partial charge in [0.1, 0.15) is 6.04 Å². The lowest BCUT2D eigenvalue weighted by Gasteiger charge is -2.14. The Morgan fingerprint density at radius 2 is 0.872 bits per heavy atom. The minimum Gasteiger partial charge on any atom is -0.480 e. The van der Waals surface area contributed by atoms with Crippen molar-refractivity contribution in [2.45, 2.75) is 193 Å². The Morgan fingerprint density at radius 1 is 0.538 bits per heavy atom. The van der Waals surface area contributed by atoms with Crippen molar-refractivity contribution in [1.82, 2.24) is 5.32 Å². The predicted octanol–water partition coefficient (Wildman–Crippen LogP) is 10.1. The summed E-state index contributed by atoms with van der Waals surface area (Å²) >= 11 is 0. The summed E-state index contributed by atoms with van der Waals surface area (Å²) < 4.78 is 5.31. The molecule has 1 unspecified atom stereocenters. The molecule has 0 aromatic heterocycles. The van der Waals surface area contributed by atoms with E-state index in [2.05, 4.69) is 19.2 Å². The molecule has 0 aromatic carbocycles. The molecule has 0 heterocycles. The number of unbranched alkanes of at least 4 members (excludes halogenated alkanes) is 24. The summed E-state index contributed by atoms with van der Waals surface area (Å²) in [6, 6.07) is -0.845. The van der Waals surface area contributed by atoms with Crippen molar-refractivity contribution in [2.24, 2.45) is 0 Å². The molecule has 0 aliphatic carbocycles. The molecule has 1 atom stereocenters. The highest BCUT2D eigenvalue weighted by molar-refractivity contribution is 5.81. The molecule has 0 amide bonds. The van der Waals surface area contributed by atoms with Crippen LogP contribution in [0.25, 0.3) is 0 Å². The number of nitrogens with one attached hydrogen (secondary N) is 1. The standard InChI is InChI=1S/C34H67NO4/c1-3-5-7-9-11-13-15-16-17-18-19-20-22-24-26-28-30-39-33(36)31-32(34(37)38)35-29-27-25-23-21-14-12-10-8-6-4-2/h32,35H,3-31H2,1-2H3,(H,37,38). The van der Waals surface area contributed by atoms with Gasteiger partial charge in [0.05, 0.1) is 13.0 Å². The number of esters is 1. The van der Waals surface area contributed by atoms with Crippen LogP contribution in [0.5, 0.6) is 0 Å². The number of aliphatic carboxylic acids is 1. The number of carboxylic acids is 1. The lowest BCUT2D eigenvalue weighted by molar-refractivity contribution is -0.149. The molecular weight excluding hydrogens is 486 g/mol. The van der Waals surface area contributed by atoms with Crippen LogP contribution in [0.1, 0.15) is 187 Å². The summed E-state index contributed by atoms with van der Waals surface area (Å²) in [5.74, 6) is -1.37. The van der Waals surface area contributed by atoms with Crippen molar-refractivity contribution in [3.05, 3.63) is 0 Å². The number of carboxylic acid groups (broad SMARTS) is 1. The van der Waals surface area contributed by atoms with Crippen LogP contribution in [0.2, 0.25) is 0 Å². The zero-order valence-corrected chi connectivity index (χ0v) is 26.3. The van der Waals surface area contributed by atoms with Crippen molar-refractivity contribution in [3.63, 3.8) is 0 Å². The van der Waals surface area contributed by atoms with E-state index in [9.17, 15) is 14.7 Å². The minimum atomic E-state index is -0.971. The van der Waals surface area contributed by atoms with E-state index in [-0.39, 0.29) is 6.42 Å². The summed E-state index contributed by atoms with van der Waals surface area (Å²) in [5.41, 5.74) is 0. The zero-order valence-electron chi connectivity index (χ0n) is 26.3. The number of carbonyl (C=O) groups is 2. The van der Waals surface area contributed by atoms with Crippen molar-refractivity contribution in [2.75, 3.05) is 13.2 Å². The Labute approximate surface area is 243 Å². The second-order valence-electron chi connectivity index (χ2n) is 11.8. The first kappa shape index (κ1) is 37.9. The van der Waals surface area contributed by atoms with Gasteiger partial charge in [-0.1, -0.05) is 168 Å². The second-order valence-corrected chi connectivity index (χ2v) is 11.8. The molecule has 0 saturated carbocycles. The maximum atomic E-state index is 12.1. The number of ether oxygens (including phenoxy) is 1. The number of hydrogen-bond donors (Lipinski definition) is 2. The van der Waals surface area contributed by atoms with Crippen molar-refractivity contribution >= 4 is 11.9 Å². The number of carbonyl (C=O) groups excluding carboxylic acids is 1. The van der Waals surface area contributed by atoms with Crippen LogP contribution in [0.4, 0.5) is 0 Å². The first-order chi connectivity index (χ1) is 19.1. The van der Waals surface area contributed by atoms with Gasteiger partial charge in [0.25, 0.3) is 0 Å². The van der Waals surface area contributed by atoms with Crippen LogP contribution in [0, 0.1) is 0 Å². The number of rotatable bonds is 32. The fourth-order valence-electron chi connectivity index (χ4n) is 5.20. The Bertz CT molecular complexity index is 525. The molecule has 0 aliphatic rings. The second kappa shape index (κ2) is 31.4. The van der Waals surface area contributed by atoms with Crippen LogP contribution in [-0.4, -0.2) is 36.2 Å². The average Bonchev–Trinajstić information content (AvgIpc) is 2.92. The van der Waals surface area contributed by atoms with Gasteiger partial charge in [0.15, 0.2) is 0 Å². The van der Waals surface area contributed by atoms with E-state index in [4.69, 9.17) is 4.74 Å². The highest BCUT2D eigenvalue weighted by Gasteiger charge is 2.21. The van der Waals surface area contributed by atoms with Gasteiger partial charge in [-0.3, -0.25) is 9.59 Å². The van der Waals surface area contributed by atoms with E-state index in [0.29, 0.717) is 13.2 Å². The summed E-state index contributed by atoms with van der Waals surface area (Å²) in [5, 5.41) is 12.5. The molecule has 0 bridgehead atoms. The lowest BCUT2D eigenvalue weighted by Crippen LogP contribution is -2.39. The van der Waals surface area contributed by atoms with Crippen LogP contribution in [-0.2, 0) is 14.3 Å². The van der Waals surface area contributed by atoms with Crippen molar-refractivity contribution < 1.29 is 19.4 Å². The van der Waals surface area contributed by atoms with Crippen molar-refractivity contribution in [3.8, 4) is 0 Å². The SMILES string of the molecule is CCCCCCCCCCCCCCCCCCOC(=O)CC(NCCCCCCCCCCCC)C(=O)O. The Hall–Kier alpha value is -1.10. The summed E-state index contributed by atoms with van der Waals surface area (Å²) in [6.07, 6.45) is 33.4. The Balaban J connectivity index is 3.50. The highest BCUT2D eigenvalue weighted by atomic mass is 16.5. The first-order valence-electron chi connectivity index (χ1n) is 17.2. The molecule has 2 N–H and O–H groups in total. The molecule has 39 heavy (non-hydrogen) atoms. The topological polar surface area (TPSA) is 75.6 Å². The van der Waals surface area contributed by atoms with Gasteiger partial charge in [-0.15, -0.1) is 0 Å². The predicted molar refractivity (Wildman–Crippen MR) is 166 cm³/mol. The highest BCUT2D eigenvalue weighted by Crippen LogP contribution is 2.14. The van der Waals surface area contributed by atoms with E-state index < -0.39 is 18.0 Å². The third-order valence-corrected chi connectivity index (χ3v) is 7.85. The maximum absolute atomic E-state index is 12.1. The summed E-state index contributed by atoms with van der Waals surface area (Å²) in [6.45, 7) is 5.56. The van der Waals surface area contributed by atoms with E-state index in [0.717, 1.165) is 25.7 Å². The summed E-state index contributed by atoms with van der Waals surface area (Å²) in [4.78, 5) is 23.6. The van der Waals surface area contributed by atoms with Gasteiger partial charge in [0, 0.05) is 0 Å². The molecule has 0 fully saturated rings. The van der Waals surface area contributed by atoms with Gasteiger partial charge in [-0.05, 0) is 19.4 Å². The van der Waals surface area contributed by atoms with E-state index in [1.165, 1.54) is 141 Å². The van der Waals surface area contributed by atoms with Crippen molar-refractivity contribution in [1.29, 1.82) is 0 Å². The third-order valence-electron chi connectivity index (χ3n) is 7.85. The van der Waals surface area contributed by atoms with Gasteiger partial charge in [-0.2, -0.15) is 0 Å². The zero-order chi connectivity index (χ0) is 28.7. The molecule has 0 spiro atoms. The Morgan fingerprint density at radius 3 is 1.23 bits per heavy atom. The molecule has 232 valence electrons. The Kier molecular flexibility index (Phi) is 30.5. The van der Waals surface area contributed by atoms with Crippen LogP contribution < -0.4 is 5.32 Å². The molecule has 0 aromatic rings. The van der Waals surface area contributed by atoms with Gasteiger partial charge in [-0.25, -0.2) is 0 Å². The van der Waals surface area contributed by atoms with Crippen LogP contribution in [0.15, 0.2) is 0 Å². The molecule has 5 heteroatoms. The summed E-state index contributed by atoms with van der Waals surface area (Å²) in [7, 11) is 0. The molecule has 0 rings (SSSR count).